The Bertz CT molecular complexity index is 1860. The lowest BCUT2D eigenvalue weighted by atomic mass is 9.78. The van der Waals surface area contributed by atoms with Crippen molar-refractivity contribution in [2.24, 2.45) is 12.5 Å². The number of anilines is 2. The highest BCUT2D eigenvalue weighted by atomic mass is 35.5. The first-order valence-corrected chi connectivity index (χ1v) is 15.0. The van der Waals surface area contributed by atoms with E-state index in [1.54, 1.807) is 24.0 Å². The van der Waals surface area contributed by atoms with Crippen LogP contribution in [0.4, 0.5) is 11.4 Å². The van der Waals surface area contributed by atoms with Crippen molar-refractivity contribution in [3.63, 3.8) is 0 Å². The SMILES string of the molecule is Cn1ccc2c([C@H](Nc3cc(Cl)c4ncc(C#N)c(NCC(C)(C)C)c4c3)C3=CN(C4(C)CCC4)NN3)cccc2c1=O. The molecule has 10 heteroatoms. The lowest BCUT2D eigenvalue weighted by Crippen LogP contribution is -2.55. The van der Waals surface area contributed by atoms with E-state index < -0.39 is 0 Å². The third-order valence-electron chi connectivity index (χ3n) is 8.53. The lowest BCUT2D eigenvalue weighted by molar-refractivity contribution is 0.0342. The minimum atomic E-state index is -0.358. The zero-order chi connectivity index (χ0) is 30.5. The highest BCUT2D eigenvalue weighted by molar-refractivity contribution is 6.35. The fraction of sp³-hybridized carbons (Fsp3) is 0.364. The van der Waals surface area contributed by atoms with Crippen LogP contribution < -0.4 is 27.2 Å². The van der Waals surface area contributed by atoms with Gasteiger partial charge in [-0.2, -0.15) is 5.26 Å². The van der Waals surface area contributed by atoms with Crippen molar-refractivity contribution in [2.75, 3.05) is 17.2 Å². The molecule has 9 nitrogen and oxygen atoms in total. The van der Waals surface area contributed by atoms with Gasteiger partial charge in [-0.25, -0.2) is 0 Å². The molecular weight excluding hydrogens is 560 g/mol. The molecule has 2 aliphatic rings. The maximum atomic E-state index is 13.1. The normalized spacial score (nSPS) is 16.8. The van der Waals surface area contributed by atoms with Gasteiger partial charge in [0.2, 0.25) is 0 Å². The van der Waals surface area contributed by atoms with Crippen molar-refractivity contribution in [3.05, 3.63) is 87.2 Å². The third kappa shape index (κ3) is 5.37. The maximum absolute atomic E-state index is 13.1. The number of pyridine rings is 2. The highest BCUT2D eigenvalue weighted by Gasteiger charge is 2.40. The van der Waals surface area contributed by atoms with Crippen LogP contribution in [0.5, 0.6) is 0 Å². The van der Waals surface area contributed by atoms with Gasteiger partial charge < -0.3 is 20.6 Å². The number of hydrogen-bond donors (Lipinski definition) is 4. The number of nitrogens with one attached hydrogen (secondary N) is 4. The fourth-order valence-corrected chi connectivity index (χ4v) is 6.08. The van der Waals surface area contributed by atoms with Crippen LogP contribution >= 0.6 is 11.6 Å². The Balaban J connectivity index is 1.49. The number of aryl methyl sites for hydroxylation is 1. The van der Waals surface area contributed by atoms with Crippen LogP contribution in [0.3, 0.4) is 0 Å². The van der Waals surface area contributed by atoms with Gasteiger partial charge in [-0.3, -0.25) is 14.8 Å². The number of nitriles is 1. The van der Waals surface area contributed by atoms with E-state index in [0.717, 1.165) is 40.6 Å². The van der Waals surface area contributed by atoms with Crippen LogP contribution in [0.1, 0.15) is 64.1 Å². The summed E-state index contributed by atoms with van der Waals surface area (Å²) in [6.45, 7) is 9.34. The molecule has 4 N–H and O–H groups in total. The third-order valence-corrected chi connectivity index (χ3v) is 8.82. The van der Waals surface area contributed by atoms with E-state index in [1.165, 1.54) is 6.42 Å². The molecule has 6 rings (SSSR count). The second kappa shape index (κ2) is 10.8. The van der Waals surface area contributed by atoms with Crippen LogP contribution in [0.25, 0.3) is 21.7 Å². The second-order valence-electron chi connectivity index (χ2n) is 13.1. The second-order valence-corrected chi connectivity index (χ2v) is 13.5. The Morgan fingerprint density at radius 2 is 1.98 bits per heavy atom. The van der Waals surface area contributed by atoms with Gasteiger partial charge in [0.05, 0.1) is 39.1 Å². The van der Waals surface area contributed by atoms with Crippen LogP contribution in [0.2, 0.25) is 5.02 Å². The van der Waals surface area contributed by atoms with E-state index in [1.807, 2.05) is 36.4 Å². The lowest BCUT2D eigenvalue weighted by Gasteiger charge is -2.45. The molecule has 0 unspecified atom stereocenters. The first-order valence-electron chi connectivity index (χ1n) is 14.6. The predicted molar refractivity (Wildman–Crippen MR) is 173 cm³/mol. The molecule has 4 aromatic rings. The van der Waals surface area contributed by atoms with Gasteiger partial charge in [-0.15, -0.1) is 5.53 Å². The van der Waals surface area contributed by atoms with E-state index in [2.05, 4.69) is 71.6 Å². The van der Waals surface area contributed by atoms with Crippen molar-refractivity contribution in [1.82, 2.24) is 25.5 Å². The summed E-state index contributed by atoms with van der Waals surface area (Å²) in [7, 11) is 1.76. The number of hydrazine groups is 2. The number of rotatable bonds is 7. The summed E-state index contributed by atoms with van der Waals surface area (Å²) in [6, 6.07) is 13.6. The quantitative estimate of drug-likeness (QED) is 0.196. The Labute approximate surface area is 256 Å². The minimum Gasteiger partial charge on any atom is -0.383 e. The molecule has 0 bridgehead atoms. The van der Waals surface area contributed by atoms with E-state index in [-0.39, 0.29) is 22.6 Å². The monoisotopic (exact) mass is 596 g/mol. The average molecular weight is 597 g/mol. The van der Waals surface area contributed by atoms with Crippen LogP contribution in [-0.4, -0.2) is 26.6 Å². The molecule has 0 saturated heterocycles. The Kier molecular flexibility index (Phi) is 7.23. The molecule has 2 aromatic carbocycles. The zero-order valence-corrected chi connectivity index (χ0v) is 25.9. The van der Waals surface area contributed by atoms with Crippen LogP contribution in [0, 0.1) is 16.7 Å². The van der Waals surface area contributed by atoms with E-state index in [0.29, 0.717) is 33.7 Å². The van der Waals surface area contributed by atoms with Crippen molar-refractivity contribution in [2.45, 2.75) is 58.5 Å². The molecule has 1 aliphatic carbocycles. The summed E-state index contributed by atoms with van der Waals surface area (Å²) in [6.07, 6.45) is 8.90. The Morgan fingerprint density at radius 1 is 1.19 bits per heavy atom. The highest BCUT2D eigenvalue weighted by Crippen LogP contribution is 2.40. The van der Waals surface area contributed by atoms with Crippen LogP contribution in [0.15, 0.2) is 65.5 Å². The Morgan fingerprint density at radius 3 is 2.67 bits per heavy atom. The van der Waals surface area contributed by atoms with Crippen LogP contribution in [-0.2, 0) is 7.05 Å². The molecule has 0 amide bonds. The van der Waals surface area contributed by atoms with Crippen molar-refractivity contribution in [3.8, 4) is 6.07 Å². The molecular formula is C33H37ClN8O. The molecule has 222 valence electrons. The van der Waals surface area contributed by atoms with Gasteiger partial charge >= 0.3 is 0 Å². The largest absolute Gasteiger partial charge is 0.383 e. The summed E-state index contributed by atoms with van der Waals surface area (Å²) in [5.41, 5.74) is 11.1. The maximum Gasteiger partial charge on any atom is 0.258 e. The summed E-state index contributed by atoms with van der Waals surface area (Å²) >= 11 is 6.84. The zero-order valence-electron chi connectivity index (χ0n) is 25.2. The number of aromatic nitrogens is 2. The molecule has 2 aromatic heterocycles. The topological polar surface area (TPSA) is 110 Å². The predicted octanol–water partition coefficient (Wildman–Crippen LogP) is 6.33. The van der Waals surface area contributed by atoms with Crippen molar-refractivity contribution >= 4 is 44.7 Å². The smallest absolute Gasteiger partial charge is 0.258 e. The summed E-state index contributed by atoms with van der Waals surface area (Å²) < 4.78 is 1.59. The average Bonchev–Trinajstić information content (AvgIpc) is 3.45. The van der Waals surface area contributed by atoms with E-state index in [4.69, 9.17) is 11.6 Å². The minimum absolute atomic E-state index is 0.00490. The Hall–Kier alpha value is -4.26. The fourth-order valence-electron chi connectivity index (χ4n) is 5.81. The molecule has 1 fully saturated rings. The summed E-state index contributed by atoms with van der Waals surface area (Å²) in [5, 5.41) is 22.0. The van der Waals surface area contributed by atoms with Gasteiger partial charge in [0.1, 0.15) is 6.07 Å². The van der Waals surface area contributed by atoms with Crippen molar-refractivity contribution < 1.29 is 0 Å². The first kappa shape index (κ1) is 28.8. The van der Waals surface area contributed by atoms with Gasteiger partial charge in [-0.1, -0.05) is 44.5 Å². The van der Waals surface area contributed by atoms with E-state index >= 15 is 0 Å². The molecule has 1 aliphatic heterocycles. The first-order chi connectivity index (χ1) is 20.5. The molecule has 1 atom stereocenters. The number of nitrogens with zero attached hydrogens (tertiary/aromatic N) is 4. The van der Waals surface area contributed by atoms with Gasteiger partial charge in [-0.05, 0) is 66.8 Å². The number of hydrogen-bond acceptors (Lipinski definition) is 8. The molecule has 43 heavy (non-hydrogen) atoms. The van der Waals surface area contributed by atoms with E-state index in [9.17, 15) is 10.1 Å². The van der Waals surface area contributed by atoms with Gasteiger partial charge in [0.15, 0.2) is 0 Å². The number of fused-ring (bicyclic) bond motifs is 2. The molecule has 0 spiro atoms. The van der Waals surface area contributed by atoms with Crippen molar-refractivity contribution in [1.29, 1.82) is 5.26 Å². The molecule has 3 heterocycles. The standard InChI is InChI=1S/C33H37ClN8O/c1-32(2,3)19-37-28-20(16-35)17-36-29-25(28)14-21(15-26(29)34)38-30(27-18-42(40-39-27)33(4)11-7-12-33)23-8-6-9-24-22(23)10-13-41(5)31(24)43/h6,8-10,13-15,17-18,30,38-40H,7,11-12,19H2,1-5H3,(H,36,37)/t30-/m0/s1. The van der Waals surface area contributed by atoms with Gasteiger partial charge in [0, 0.05) is 48.6 Å². The summed E-state index contributed by atoms with van der Waals surface area (Å²) in [4.78, 5) is 17.6. The number of halogens is 1. The number of benzene rings is 2. The van der Waals surface area contributed by atoms with Gasteiger partial charge in [0.25, 0.3) is 5.56 Å². The summed E-state index contributed by atoms with van der Waals surface area (Å²) in [5.74, 6) is 0. The molecule has 1 saturated carbocycles. The molecule has 0 radical (unpaired) electrons.